The van der Waals surface area contributed by atoms with Crippen LogP contribution in [0.1, 0.15) is 0 Å². The summed E-state index contributed by atoms with van der Waals surface area (Å²) in [5.41, 5.74) is 8.08. The van der Waals surface area contributed by atoms with E-state index >= 15 is 0 Å². The molecule has 0 aliphatic heterocycles. The number of aromatic nitrogens is 4. The van der Waals surface area contributed by atoms with Crippen LogP contribution in [0.4, 0.5) is 0 Å². The van der Waals surface area contributed by atoms with E-state index in [0.29, 0.717) is 0 Å². The van der Waals surface area contributed by atoms with Crippen molar-refractivity contribution in [2.24, 2.45) is 0 Å². The summed E-state index contributed by atoms with van der Waals surface area (Å²) in [7, 11) is 0. The van der Waals surface area contributed by atoms with E-state index in [4.69, 9.17) is 9.97 Å². The van der Waals surface area contributed by atoms with E-state index in [9.17, 15) is 0 Å². The summed E-state index contributed by atoms with van der Waals surface area (Å²) in [6.07, 6.45) is 0. The molecule has 0 amide bonds. The molecule has 0 bridgehead atoms. The van der Waals surface area contributed by atoms with Crippen LogP contribution >= 0.6 is 0 Å². The van der Waals surface area contributed by atoms with E-state index in [2.05, 4.69) is 155 Å². The zero-order valence-corrected chi connectivity index (χ0v) is 23.8. The van der Waals surface area contributed by atoms with Gasteiger partial charge in [-0.25, -0.2) is 9.97 Å². The molecule has 9 rings (SSSR count). The fourth-order valence-electron chi connectivity index (χ4n) is 6.61. The fourth-order valence-corrected chi connectivity index (χ4v) is 6.61. The molecule has 3 aromatic heterocycles. The monoisotopic (exact) mass is 562 g/mol. The zero-order chi connectivity index (χ0) is 29.0. The van der Waals surface area contributed by atoms with Crippen LogP contribution in [0.15, 0.2) is 158 Å². The Morgan fingerprint density at radius 2 is 0.568 bits per heavy atom. The maximum absolute atomic E-state index is 5.61. The lowest BCUT2D eigenvalue weighted by Crippen LogP contribution is -2.10. The molecule has 0 radical (unpaired) electrons. The summed E-state index contributed by atoms with van der Waals surface area (Å²) in [5, 5.41) is 4.77. The summed E-state index contributed by atoms with van der Waals surface area (Å²) in [5.74, 6) is 1.61. The Kier molecular flexibility index (Phi) is 5.47. The van der Waals surface area contributed by atoms with Crippen molar-refractivity contribution in [3.05, 3.63) is 158 Å². The maximum atomic E-state index is 5.61. The van der Waals surface area contributed by atoms with Crippen molar-refractivity contribution in [3.63, 3.8) is 0 Å². The van der Waals surface area contributed by atoms with Crippen molar-refractivity contribution >= 4 is 43.6 Å². The highest BCUT2D eigenvalue weighted by Crippen LogP contribution is 2.39. The Labute approximate surface area is 254 Å². The molecule has 0 unspecified atom stereocenters. The molecule has 4 nitrogen and oxygen atoms in total. The van der Waals surface area contributed by atoms with Crippen LogP contribution in [0.5, 0.6) is 0 Å². The van der Waals surface area contributed by atoms with Crippen LogP contribution in [-0.4, -0.2) is 19.1 Å². The Balaban J connectivity index is 1.48. The third kappa shape index (κ3) is 3.64. The number of rotatable bonds is 4. The Bertz CT molecular complexity index is 2200. The van der Waals surface area contributed by atoms with Gasteiger partial charge in [0.25, 0.3) is 0 Å². The molecule has 206 valence electrons. The van der Waals surface area contributed by atoms with Crippen LogP contribution < -0.4 is 0 Å². The standard InChI is InChI=1S/C40H26N4/c1-3-15-27(16-4-1)37-39(43-33-23-11-7-19-29(33)30-20-8-12-24-34(30)43)42-38(28-17-5-2-6-18-28)40(41-37)44-35-25-13-9-21-31(35)32-22-10-14-26-36(32)44/h1-26H. The van der Waals surface area contributed by atoms with Gasteiger partial charge in [0.05, 0.1) is 22.1 Å². The van der Waals surface area contributed by atoms with Crippen LogP contribution in [-0.2, 0) is 0 Å². The number of para-hydroxylation sites is 4. The Morgan fingerprint density at radius 1 is 0.295 bits per heavy atom. The molecule has 9 aromatic rings. The van der Waals surface area contributed by atoms with Gasteiger partial charge in [-0.05, 0) is 24.3 Å². The van der Waals surface area contributed by atoms with Crippen molar-refractivity contribution in [1.82, 2.24) is 19.1 Å². The first kappa shape index (κ1) is 24.6. The third-order valence-corrected chi connectivity index (χ3v) is 8.54. The molecule has 0 saturated heterocycles. The molecule has 0 fully saturated rings. The van der Waals surface area contributed by atoms with Gasteiger partial charge in [-0.15, -0.1) is 0 Å². The fraction of sp³-hybridized carbons (Fsp3) is 0. The van der Waals surface area contributed by atoms with Crippen LogP contribution in [0.25, 0.3) is 77.8 Å². The zero-order valence-electron chi connectivity index (χ0n) is 23.8. The number of nitrogens with zero attached hydrogens (tertiary/aromatic N) is 4. The maximum Gasteiger partial charge on any atom is 0.165 e. The van der Waals surface area contributed by atoms with Gasteiger partial charge in [0.1, 0.15) is 11.4 Å². The second-order valence-electron chi connectivity index (χ2n) is 11.0. The third-order valence-electron chi connectivity index (χ3n) is 8.54. The van der Waals surface area contributed by atoms with Gasteiger partial charge in [0, 0.05) is 32.7 Å². The average molecular weight is 563 g/mol. The highest BCUT2D eigenvalue weighted by Gasteiger charge is 2.24. The lowest BCUT2D eigenvalue weighted by atomic mass is 10.1. The molecule has 0 aliphatic carbocycles. The first-order valence-corrected chi connectivity index (χ1v) is 14.9. The molecular weight excluding hydrogens is 536 g/mol. The first-order chi connectivity index (χ1) is 21.9. The van der Waals surface area contributed by atoms with Gasteiger partial charge in [0.2, 0.25) is 0 Å². The van der Waals surface area contributed by atoms with Gasteiger partial charge in [0.15, 0.2) is 11.6 Å². The molecule has 0 N–H and O–H groups in total. The minimum Gasteiger partial charge on any atom is -0.292 e. The molecule has 0 spiro atoms. The lowest BCUT2D eigenvalue weighted by Gasteiger charge is -2.19. The second kappa shape index (κ2) is 9.79. The van der Waals surface area contributed by atoms with E-state index < -0.39 is 0 Å². The van der Waals surface area contributed by atoms with Crippen LogP contribution in [0.2, 0.25) is 0 Å². The Hall–Kier alpha value is -6.00. The smallest absolute Gasteiger partial charge is 0.165 e. The minimum atomic E-state index is 0.803. The predicted octanol–water partition coefficient (Wildman–Crippen LogP) is 10.0. The number of benzene rings is 6. The van der Waals surface area contributed by atoms with Crippen LogP contribution in [0, 0.1) is 0 Å². The number of hydrogen-bond acceptors (Lipinski definition) is 2. The van der Waals surface area contributed by atoms with Gasteiger partial charge < -0.3 is 0 Å². The van der Waals surface area contributed by atoms with E-state index in [-0.39, 0.29) is 0 Å². The quantitative estimate of drug-likeness (QED) is 0.214. The second-order valence-corrected chi connectivity index (χ2v) is 11.0. The molecule has 0 aliphatic rings. The van der Waals surface area contributed by atoms with Gasteiger partial charge in [-0.3, -0.25) is 9.13 Å². The topological polar surface area (TPSA) is 35.6 Å². The molecule has 44 heavy (non-hydrogen) atoms. The lowest BCUT2D eigenvalue weighted by molar-refractivity contribution is 1.000. The van der Waals surface area contributed by atoms with Gasteiger partial charge in [-0.2, -0.15) is 0 Å². The Morgan fingerprint density at radius 3 is 0.886 bits per heavy atom. The summed E-state index contributed by atoms with van der Waals surface area (Å²) < 4.78 is 4.56. The van der Waals surface area contributed by atoms with Gasteiger partial charge in [-0.1, -0.05) is 133 Å². The normalized spacial score (nSPS) is 11.6. The summed E-state index contributed by atoms with van der Waals surface area (Å²) in [4.78, 5) is 11.2. The molecular formula is C40H26N4. The highest BCUT2D eigenvalue weighted by molar-refractivity contribution is 6.11. The van der Waals surface area contributed by atoms with Crippen molar-refractivity contribution in [2.45, 2.75) is 0 Å². The highest BCUT2D eigenvalue weighted by atomic mass is 15.2. The molecule has 6 aromatic carbocycles. The summed E-state index contributed by atoms with van der Waals surface area (Å²) in [6, 6.07) is 55.1. The molecule has 0 saturated carbocycles. The van der Waals surface area contributed by atoms with E-state index in [0.717, 1.165) is 56.2 Å². The molecule has 4 heteroatoms. The number of fused-ring (bicyclic) bond motifs is 6. The molecule has 3 heterocycles. The average Bonchev–Trinajstić information content (AvgIpc) is 3.62. The molecule has 0 atom stereocenters. The van der Waals surface area contributed by atoms with E-state index in [1.165, 1.54) is 21.5 Å². The van der Waals surface area contributed by atoms with E-state index in [1.54, 1.807) is 0 Å². The SMILES string of the molecule is c1ccc(-c2nc(-n3c4ccccc4c4ccccc43)c(-c3ccccc3)nc2-n2c3ccccc3c3ccccc32)cc1. The van der Waals surface area contributed by atoms with Crippen molar-refractivity contribution in [1.29, 1.82) is 0 Å². The van der Waals surface area contributed by atoms with Crippen molar-refractivity contribution in [2.75, 3.05) is 0 Å². The van der Waals surface area contributed by atoms with Crippen molar-refractivity contribution < 1.29 is 0 Å². The predicted molar refractivity (Wildman–Crippen MR) is 182 cm³/mol. The van der Waals surface area contributed by atoms with Crippen LogP contribution in [0.3, 0.4) is 0 Å². The summed E-state index contributed by atoms with van der Waals surface area (Å²) in [6.45, 7) is 0. The number of hydrogen-bond donors (Lipinski definition) is 0. The largest absolute Gasteiger partial charge is 0.292 e. The first-order valence-electron chi connectivity index (χ1n) is 14.9. The van der Waals surface area contributed by atoms with E-state index in [1.807, 2.05) is 12.1 Å². The minimum absolute atomic E-state index is 0.803. The summed E-state index contributed by atoms with van der Waals surface area (Å²) >= 11 is 0. The van der Waals surface area contributed by atoms with Gasteiger partial charge >= 0.3 is 0 Å². The van der Waals surface area contributed by atoms with Crippen molar-refractivity contribution in [3.8, 4) is 34.2 Å².